The summed E-state index contributed by atoms with van der Waals surface area (Å²) in [6.07, 6.45) is -0.000825. The van der Waals surface area contributed by atoms with Crippen molar-refractivity contribution < 1.29 is 24.9 Å². The summed E-state index contributed by atoms with van der Waals surface area (Å²) in [7, 11) is 0. The number of carbonyl (C=O) groups excluding carboxylic acids is 4. The van der Waals surface area contributed by atoms with Crippen molar-refractivity contribution in [3.05, 3.63) is 71.8 Å². The van der Waals surface area contributed by atoms with Gasteiger partial charge in [0.2, 0.25) is 17.7 Å². The van der Waals surface area contributed by atoms with E-state index in [0.29, 0.717) is 13.1 Å². The van der Waals surface area contributed by atoms with Crippen molar-refractivity contribution in [2.75, 3.05) is 19.6 Å². The number of likely N-dealkylation sites (tertiary alicyclic amines) is 1. The Bertz CT molecular complexity index is 1310. The van der Waals surface area contributed by atoms with Crippen LogP contribution in [0, 0.1) is 16.7 Å². The number of halogens is 1. The van der Waals surface area contributed by atoms with E-state index in [-0.39, 0.29) is 24.7 Å². The Kier molecular flexibility index (Phi) is 5.80. The number of imide groups is 1. The van der Waals surface area contributed by atoms with Gasteiger partial charge in [-0.25, -0.2) is 0 Å². The average molecular weight is 551 g/mol. The number of hydrogen-bond donors (Lipinski definition) is 2. The van der Waals surface area contributed by atoms with Gasteiger partial charge in [0.25, 0.3) is 0 Å². The van der Waals surface area contributed by atoms with Crippen LogP contribution in [0.4, 0.5) is 0 Å². The molecule has 0 aromatic heterocycles. The Hall–Kier alpha value is -3.10. The molecule has 1 aliphatic heterocycles. The number of nitrogens with zero attached hydrogens (tertiary/aromatic N) is 1. The van der Waals surface area contributed by atoms with E-state index in [0.717, 1.165) is 22.3 Å². The van der Waals surface area contributed by atoms with Gasteiger partial charge in [0.05, 0.1) is 29.8 Å². The SMILES string of the molecule is CC12C(=O)C(C)(C(c3ccccc3)=C1c1ccccc1)C1(Br)C(=O)N(CCC(=O)NCC[NH3+])C(=O)C21. The van der Waals surface area contributed by atoms with E-state index >= 15 is 0 Å². The lowest BCUT2D eigenvalue weighted by Crippen LogP contribution is -2.55. The minimum absolute atomic E-state index is 0.000825. The lowest BCUT2D eigenvalue weighted by molar-refractivity contribution is -0.364. The molecule has 8 heteroatoms. The summed E-state index contributed by atoms with van der Waals surface area (Å²) < 4.78 is -1.43. The number of alkyl halides is 1. The van der Waals surface area contributed by atoms with Crippen LogP contribution in [0.15, 0.2) is 60.7 Å². The van der Waals surface area contributed by atoms with Gasteiger partial charge < -0.3 is 11.1 Å². The molecule has 4 unspecified atom stereocenters. The van der Waals surface area contributed by atoms with E-state index in [2.05, 4.69) is 27.0 Å². The number of fused-ring (bicyclic) bond motifs is 5. The molecule has 4 atom stereocenters. The summed E-state index contributed by atoms with van der Waals surface area (Å²) in [6, 6.07) is 19.2. The third-order valence-electron chi connectivity index (χ3n) is 8.15. The zero-order valence-corrected chi connectivity index (χ0v) is 21.9. The molecule has 0 spiro atoms. The molecule has 1 saturated carbocycles. The summed E-state index contributed by atoms with van der Waals surface area (Å²) in [5, 5.41) is 2.73. The van der Waals surface area contributed by atoms with Crippen LogP contribution in [-0.4, -0.2) is 52.4 Å². The van der Waals surface area contributed by atoms with Crippen molar-refractivity contribution in [2.45, 2.75) is 24.6 Å². The Morgan fingerprint density at radius 2 is 1.53 bits per heavy atom. The first-order valence-corrected chi connectivity index (χ1v) is 13.0. The normalized spacial score (nSPS) is 30.8. The van der Waals surface area contributed by atoms with Gasteiger partial charge in [-0.1, -0.05) is 76.6 Å². The molecule has 2 aliphatic carbocycles. The van der Waals surface area contributed by atoms with E-state index in [1.807, 2.05) is 60.7 Å². The number of carbonyl (C=O) groups is 4. The highest BCUT2D eigenvalue weighted by molar-refractivity contribution is 9.10. The van der Waals surface area contributed by atoms with E-state index in [4.69, 9.17) is 0 Å². The molecule has 2 aromatic carbocycles. The minimum Gasteiger partial charge on any atom is -0.356 e. The average Bonchev–Trinajstić information content (AvgIpc) is 3.26. The first-order chi connectivity index (χ1) is 17.1. The summed E-state index contributed by atoms with van der Waals surface area (Å²) in [5.41, 5.74) is 4.46. The van der Waals surface area contributed by atoms with Crippen LogP contribution in [0.5, 0.6) is 0 Å². The number of quaternary nitrogens is 1. The van der Waals surface area contributed by atoms with Crippen LogP contribution in [0.25, 0.3) is 11.1 Å². The fourth-order valence-corrected chi connectivity index (χ4v) is 7.85. The number of allylic oxidation sites excluding steroid dienone is 2. The molecule has 1 heterocycles. The van der Waals surface area contributed by atoms with E-state index in [1.165, 1.54) is 4.90 Å². The van der Waals surface area contributed by atoms with Crippen molar-refractivity contribution in [1.82, 2.24) is 10.2 Å². The number of nitrogens with one attached hydrogen (secondary N) is 1. The first kappa shape index (κ1) is 24.6. The Balaban J connectivity index is 1.67. The summed E-state index contributed by atoms with van der Waals surface area (Å²) in [6.45, 7) is 4.54. The van der Waals surface area contributed by atoms with Gasteiger partial charge in [0.15, 0.2) is 5.78 Å². The second kappa shape index (κ2) is 8.49. The second-order valence-corrected chi connectivity index (χ2v) is 11.3. The molecule has 1 saturated heterocycles. The molecular formula is C28H29BrN3O4+. The Morgan fingerprint density at radius 1 is 0.972 bits per heavy atom. The predicted octanol–water partition coefficient (Wildman–Crippen LogP) is 2.07. The highest BCUT2D eigenvalue weighted by Gasteiger charge is 2.85. The Labute approximate surface area is 218 Å². The zero-order chi connectivity index (χ0) is 25.9. The molecular weight excluding hydrogens is 522 g/mol. The fourth-order valence-electron chi connectivity index (χ4n) is 6.60. The molecule has 0 radical (unpaired) electrons. The van der Waals surface area contributed by atoms with Crippen LogP contribution in [0.3, 0.4) is 0 Å². The maximum absolute atomic E-state index is 14.3. The maximum atomic E-state index is 14.3. The monoisotopic (exact) mass is 550 g/mol. The smallest absolute Gasteiger partial charge is 0.248 e. The second-order valence-electron chi connectivity index (χ2n) is 10.0. The highest BCUT2D eigenvalue weighted by Crippen LogP contribution is 2.77. The number of hydrogen-bond acceptors (Lipinski definition) is 4. The van der Waals surface area contributed by atoms with Crippen molar-refractivity contribution >= 4 is 50.6 Å². The van der Waals surface area contributed by atoms with Gasteiger partial charge in [-0.3, -0.25) is 24.1 Å². The minimum atomic E-state index is -1.43. The molecule has 3 amide bonds. The third kappa shape index (κ3) is 2.94. The van der Waals surface area contributed by atoms with Crippen LogP contribution >= 0.6 is 15.9 Å². The molecule has 2 bridgehead atoms. The van der Waals surface area contributed by atoms with Crippen LogP contribution in [-0.2, 0) is 19.2 Å². The number of amides is 3. The summed E-state index contributed by atoms with van der Waals surface area (Å²) >= 11 is 3.72. The first-order valence-electron chi connectivity index (χ1n) is 12.2. The zero-order valence-electron chi connectivity index (χ0n) is 20.3. The molecule has 36 heavy (non-hydrogen) atoms. The van der Waals surface area contributed by atoms with E-state index in [9.17, 15) is 19.2 Å². The van der Waals surface area contributed by atoms with Gasteiger partial charge in [0, 0.05) is 13.0 Å². The largest absolute Gasteiger partial charge is 0.356 e. The van der Waals surface area contributed by atoms with Crippen LogP contribution in [0.2, 0.25) is 0 Å². The van der Waals surface area contributed by atoms with Gasteiger partial charge in [-0.05, 0) is 36.1 Å². The van der Waals surface area contributed by atoms with Crippen LogP contribution < -0.4 is 11.1 Å². The third-order valence-corrected chi connectivity index (χ3v) is 9.74. The van der Waals surface area contributed by atoms with Crippen molar-refractivity contribution in [1.29, 1.82) is 0 Å². The molecule has 2 fully saturated rings. The van der Waals surface area contributed by atoms with Crippen molar-refractivity contribution in [3.8, 4) is 0 Å². The van der Waals surface area contributed by atoms with Gasteiger partial charge in [0.1, 0.15) is 4.32 Å². The topological polar surface area (TPSA) is 111 Å². The van der Waals surface area contributed by atoms with Gasteiger partial charge in [-0.2, -0.15) is 0 Å². The number of benzene rings is 2. The molecule has 186 valence electrons. The lowest BCUT2D eigenvalue weighted by Gasteiger charge is -2.41. The molecule has 7 nitrogen and oxygen atoms in total. The number of rotatable bonds is 7. The molecule has 2 aromatic rings. The van der Waals surface area contributed by atoms with Crippen molar-refractivity contribution in [2.24, 2.45) is 16.7 Å². The highest BCUT2D eigenvalue weighted by atomic mass is 79.9. The number of ketones is 1. The maximum Gasteiger partial charge on any atom is 0.248 e. The van der Waals surface area contributed by atoms with E-state index in [1.54, 1.807) is 13.8 Å². The standard InChI is InChI=1S/C28H28BrN3O4/c1-26-20(17-9-5-3-6-10-17)21(18-11-7-4-8-12-18)27(2,24(26)35)28(29)22(26)23(34)32(25(28)36)16-13-19(33)31-15-14-30/h3-12,22H,13-16,30H2,1-2H3,(H,31,33)/p+1. The Morgan fingerprint density at radius 3 is 2.08 bits per heavy atom. The fraction of sp³-hybridized carbons (Fsp3) is 0.357. The lowest BCUT2D eigenvalue weighted by atomic mass is 9.63. The van der Waals surface area contributed by atoms with Crippen molar-refractivity contribution in [3.63, 3.8) is 0 Å². The summed E-state index contributed by atoms with van der Waals surface area (Å²) in [5.74, 6) is -2.17. The molecule has 3 aliphatic rings. The van der Waals surface area contributed by atoms with E-state index < -0.39 is 32.9 Å². The predicted molar refractivity (Wildman–Crippen MR) is 138 cm³/mol. The molecule has 5 rings (SSSR count). The summed E-state index contributed by atoms with van der Waals surface area (Å²) in [4.78, 5) is 55.6. The van der Waals surface area contributed by atoms with Gasteiger partial charge in [-0.15, -0.1) is 0 Å². The number of Topliss-reactive ketones (excluding diaryl/α,β-unsaturated/α-hetero) is 1. The quantitative estimate of drug-likeness (QED) is 0.406. The van der Waals surface area contributed by atoms with Gasteiger partial charge >= 0.3 is 0 Å². The van der Waals surface area contributed by atoms with Crippen LogP contribution in [0.1, 0.15) is 31.4 Å². The molecule has 4 N–H and O–H groups in total.